The van der Waals surface area contributed by atoms with Crippen LogP contribution >= 0.6 is 0 Å². The third-order valence-electron chi connectivity index (χ3n) is 9.97. The van der Waals surface area contributed by atoms with E-state index in [9.17, 15) is 9.59 Å². The normalized spacial score (nSPS) is 24.4. The summed E-state index contributed by atoms with van der Waals surface area (Å²) in [4.78, 5) is 29.4. The third kappa shape index (κ3) is 2.69. The molecule has 0 saturated carbocycles. The van der Waals surface area contributed by atoms with Gasteiger partial charge in [0.15, 0.2) is 17.7 Å². The van der Waals surface area contributed by atoms with Crippen molar-refractivity contribution in [2.45, 2.75) is 43.9 Å². The second-order valence-electron chi connectivity index (χ2n) is 12.0. The number of hydrogen-bond donors (Lipinski definition) is 0. The van der Waals surface area contributed by atoms with E-state index >= 15 is 0 Å². The van der Waals surface area contributed by atoms with Gasteiger partial charge in [-0.3, -0.25) is 9.59 Å². The number of rotatable bonds is 3. The maximum atomic E-state index is 14.0. The summed E-state index contributed by atoms with van der Waals surface area (Å²) in [7, 11) is 3.55. The minimum absolute atomic E-state index is 0.0966. The molecule has 4 heterocycles. The number of amides is 1. The molecule has 4 atom stereocenters. The van der Waals surface area contributed by atoms with Crippen LogP contribution in [0.2, 0.25) is 0 Å². The molecular formula is C35H29N3O4. The van der Waals surface area contributed by atoms with Gasteiger partial charge in [-0.25, -0.2) is 0 Å². The van der Waals surface area contributed by atoms with E-state index < -0.39 is 24.1 Å². The summed E-state index contributed by atoms with van der Waals surface area (Å²) in [5.41, 5.74) is 5.70. The van der Waals surface area contributed by atoms with Crippen LogP contribution in [0.1, 0.15) is 45.9 Å². The van der Waals surface area contributed by atoms with Crippen molar-refractivity contribution in [1.29, 1.82) is 0 Å². The molecule has 6 aromatic rings. The van der Waals surface area contributed by atoms with E-state index in [1.54, 1.807) is 12.0 Å². The Bertz CT molecular complexity index is 2160. The first kappa shape index (κ1) is 24.2. The van der Waals surface area contributed by atoms with E-state index in [0.29, 0.717) is 12.0 Å². The molecule has 2 aromatic heterocycles. The number of aromatic nitrogens is 2. The highest BCUT2D eigenvalue weighted by Crippen LogP contribution is 2.56. The van der Waals surface area contributed by atoms with Crippen molar-refractivity contribution < 1.29 is 19.1 Å². The summed E-state index contributed by atoms with van der Waals surface area (Å²) in [6.07, 6.45) is 0.187. The summed E-state index contributed by atoms with van der Waals surface area (Å²) < 4.78 is 18.1. The third-order valence-corrected chi connectivity index (χ3v) is 9.97. The number of ether oxygens (including phenoxy) is 2. The zero-order valence-electron chi connectivity index (χ0n) is 23.6. The number of likely N-dealkylation sites (N-methyl/N-ethyl adjacent to an activating group) is 1. The van der Waals surface area contributed by atoms with Crippen LogP contribution in [0.25, 0.3) is 43.6 Å². The lowest BCUT2D eigenvalue weighted by Crippen LogP contribution is -2.52. The van der Waals surface area contributed by atoms with Crippen LogP contribution < -0.4 is 0 Å². The zero-order chi connectivity index (χ0) is 28.5. The number of ketones is 1. The molecule has 2 bridgehead atoms. The Morgan fingerprint density at radius 2 is 1.57 bits per heavy atom. The highest BCUT2D eigenvalue weighted by atomic mass is 16.6. The molecule has 208 valence electrons. The van der Waals surface area contributed by atoms with Crippen molar-refractivity contribution in [2.24, 2.45) is 0 Å². The van der Waals surface area contributed by atoms with Crippen LogP contribution in [-0.4, -0.2) is 52.0 Å². The smallest absolute Gasteiger partial charge is 0.254 e. The quantitative estimate of drug-likeness (QED) is 0.253. The van der Waals surface area contributed by atoms with Crippen molar-refractivity contribution >= 4 is 55.3 Å². The van der Waals surface area contributed by atoms with Crippen LogP contribution in [0, 0.1) is 0 Å². The largest absolute Gasteiger partial charge is 0.374 e. The van der Waals surface area contributed by atoms with Gasteiger partial charge < -0.3 is 23.5 Å². The molecule has 9 rings (SSSR count). The monoisotopic (exact) mass is 555 g/mol. The van der Waals surface area contributed by atoms with Crippen LogP contribution in [0.3, 0.4) is 0 Å². The van der Waals surface area contributed by atoms with E-state index in [-0.39, 0.29) is 11.7 Å². The molecule has 1 fully saturated rings. The molecular weight excluding hydrogens is 526 g/mol. The first-order valence-electron chi connectivity index (χ1n) is 14.5. The van der Waals surface area contributed by atoms with Gasteiger partial charge in [0.05, 0.1) is 22.1 Å². The Morgan fingerprint density at radius 1 is 0.905 bits per heavy atom. The fourth-order valence-electron chi connectivity index (χ4n) is 8.35. The summed E-state index contributed by atoms with van der Waals surface area (Å²) in [5.74, 6) is 0.0940. The number of methoxy groups -OCH3 is 1. The minimum atomic E-state index is -0.944. The lowest BCUT2D eigenvalue weighted by molar-refractivity contribution is -0.142. The molecule has 42 heavy (non-hydrogen) atoms. The Balaban J connectivity index is 1.47. The van der Waals surface area contributed by atoms with Crippen molar-refractivity contribution in [3.8, 4) is 0 Å². The number of carbonyl (C=O) groups excluding carboxylic acids is 2. The molecule has 0 radical (unpaired) electrons. The maximum Gasteiger partial charge on any atom is 0.254 e. The number of para-hydroxylation sites is 2. The van der Waals surface area contributed by atoms with Crippen LogP contribution in [0.15, 0.2) is 78.9 Å². The minimum Gasteiger partial charge on any atom is -0.374 e. The molecule has 0 N–H and O–H groups in total. The van der Waals surface area contributed by atoms with Crippen molar-refractivity contribution in [1.82, 2.24) is 14.0 Å². The Hall–Kier alpha value is -4.46. The first-order chi connectivity index (χ1) is 20.5. The predicted octanol–water partition coefficient (Wildman–Crippen LogP) is 6.40. The molecule has 3 aliphatic rings. The number of Topliss-reactive ketones (excluding diaryl/α,β-unsaturated/α-hetero) is 1. The van der Waals surface area contributed by atoms with Gasteiger partial charge in [-0.1, -0.05) is 54.6 Å². The van der Waals surface area contributed by atoms with Gasteiger partial charge in [0, 0.05) is 53.3 Å². The molecule has 1 aliphatic carbocycles. The van der Waals surface area contributed by atoms with E-state index in [1.165, 1.54) is 0 Å². The maximum absolute atomic E-state index is 14.0. The molecule has 0 unspecified atom stereocenters. The second-order valence-corrected chi connectivity index (χ2v) is 12.0. The van der Waals surface area contributed by atoms with E-state index in [2.05, 4.69) is 46.4 Å². The number of carbonyl (C=O) groups is 2. The zero-order valence-corrected chi connectivity index (χ0v) is 23.6. The summed E-state index contributed by atoms with van der Waals surface area (Å²) >= 11 is 0. The molecule has 1 amide bonds. The van der Waals surface area contributed by atoms with Crippen molar-refractivity contribution in [2.75, 3.05) is 14.2 Å². The fourth-order valence-corrected chi connectivity index (χ4v) is 8.35. The summed E-state index contributed by atoms with van der Waals surface area (Å²) in [6.45, 7) is 2.08. The van der Waals surface area contributed by atoms with Crippen LogP contribution in [0.5, 0.6) is 0 Å². The molecule has 2 aliphatic heterocycles. The summed E-state index contributed by atoms with van der Waals surface area (Å²) in [6, 6.07) is 25.5. The molecule has 1 saturated heterocycles. The average Bonchev–Trinajstić information content (AvgIpc) is 3.72. The topological polar surface area (TPSA) is 65.7 Å². The van der Waals surface area contributed by atoms with E-state index in [0.717, 1.165) is 61.2 Å². The Kier molecular flexibility index (Phi) is 4.65. The van der Waals surface area contributed by atoms with E-state index in [4.69, 9.17) is 9.47 Å². The number of fused-ring (bicyclic) bond motifs is 13. The molecule has 4 aromatic carbocycles. The van der Waals surface area contributed by atoms with Gasteiger partial charge in [0.25, 0.3) is 5.91 Å². The summed E-state index contributed by atoms with van der Waals surface area (Å²) in [5, 5.41) is 4.25. The van der Waals surface area contributed by atoms with Crippen molar-refractivity contribution in [3.63, 3.8) is 0 Å². The van der Waals surface area contributed by atoms with Gasteiger partial charge >= 0.3 is 0 Å². The lowest BCUT2D eigenvalue weighted by Gasteiger charge is -2.37. The highest BCUT2D eigenvalue weighted by molar-refractivity contribution is 6.31. The average molecular weight is 556 g/mol. The predicted molar refractivity (Wildman–Crippen MR) is 162 cm³/mol. The van der Waals surface area contributed by atoms with Gasteiger partial charge in [0.1, 0.15) is 12.1 Å². The Labute approximate surface area is 241 Å². The lowest BCUT2D eigenvalue weighted by atomic mass is 9.96. The number of benzene rings is 4. The molecule has 7 heteroatoms. The molecule has 0 spiro atoms. The number of hydrogen-bond acceptors (Lipinski definition) is 4. The second kappa shape index (κ2) is 8.09. The fraction of sp³-hybridized carbons (Fsp3) is 0.257. The highest BCUT2D eigenvalue weighted by Gasteiger charge is 2.60. The van der Waals surface area contributed by atoms with E-state index in [1.807, 2.05) is 55.6 Å². The number of aryl methyl sites for hydroxylation is 1. The standard InChI is InChI=1S/C35H29N3O4/c1-35-32(41-3)31(36(2)33(40)19-11-5-4-6-12-19)34(42-35)37-23-15-9-7-13-20(23)28-27-22(17-18-25(27)39)26-21-14-8-10-16-24(21)38(35)30(26)29(28)37/h4-16,31-32,34H,17-18H2,1-3H3/t31-,32+,34-,35-/m0/s1. The molecule has 7 nitrogen and oxygen atoms in total. The van der Waals surface area contributed by atoms with Crippen LogP contribution in [-0.2, 0) is 21.6 Å². The van der Waals surface area contributed by atoms with Gasteiger partial charge in [-0.15, -0.1) is 0 Å². The van der Waals surface area contributed by atoms with Gasteiger partial charge in [0.2, 0.25) is 0 Å². The Morgan fingerprint density at radius 3 is 2.31 bits per heavy atom. The van der Waals surface area contributed by atoms with Gasteiger partial charge in [-0.05, 0) is 43.2 Å². The SMILES string of the molecule is CO[C@@H]1[C@H](N(C)C(=O)c2ccccc2)[C@@H]2O[C@]1(C)n1c3ccccc3c3c4c(c5c6ccccc6n2c5c31)C(=O)CC4. The van der Waals surface area contributed by atoms with Crippen molar-refractivity contribution in [3.05, 3.63) is 95.6 Å². The van der Waals surface area contributed by atoms with Crippen LogP contribution in [0.4, 0.5) is 0 Å². The first-order valence-corrected chi connectivity index (χ1v) is 14.5. The number of nitrogens with zero attached hydrogens (tertiary/aromatic N) is 3. The van der Waals surface area contributed by atoms with Gasteiger partial charge in [-0.2, -0.15) is 0 Å².